The van der Waals surface area contributed by atoms with Crippen LogP contribution in [0.4, 0.5) is 17.2 Å². The van der Waals surface area contributed by atoms with E-state index in [0.29, 0.717) is 31.7 Å². The van der Waals surface area contributed by atoms with Gasteiger partial charge in [-0.3, -0.25) is 14.7 Å². The van der Waals surface area contributed by atoms with Crippen molar-refractivity contribution in [2.75, 3.05) is 36.4 Å². The van der Waals surface area contributed by atoms with Crippen LogP contribution in [-0.4, -0.2) is 72.6 Å². The topological polar surface area (TPSA) is 132 Å². The third kappa shape index (κ3) is 6.19. The smallest absolute Gasteiger partial charge is 0.303 e. The zero-order valence-electron chi connectivity index (χ0n) is 23.4. The summed E-state index contributed by atoms with van der Waals surface area (Å²) in [7, 11) is 0. The molecule has 216 valence electrons. The van der Waals surface area contributed by atoms with E-state index < -0.39 is 5.97 Å². The number of amides is 1. The van der Waals surface area contributed by atoms with Gasteiger partial charge >= 0.3 is 5.97 Å². The van der Waals surface area contributed by atoms with Gasteiger partial charge < -0.3 is 24.6 Å². The van der Waals surface area contributed by atoms with Crippen LogP contribution in [0.15, 0.2) is 67.3 Å². The average Bonchev–Trinajstić information content (AvgIpc) is 3.68. The van der Waals surface area contributed by atoms with Crippen LogP contribution in [0.3, 0.4) is 0 Å². The Labute approximate surface area is 243 Å². The molecule has 11 nitrogen and oxygen atoms in total. The van der Waals surface area contributed by atoms with Crippen LogP contribution in [0.5, 0.6) is 0 Å². The van der Waals surface area contributed by atoms with Gasteiger partial charge in [0.25, 0.3) is 0 Å². The standard InChI is InChI=1S/C31H34N8O3/c40-28(5-3-1-2-4-6-29(41)42)38-17-15-37(16-18-38)25-11-9-24(10-12-25)34-30-31-32-13-14-39(31)21-27(35-30)22-7-8-23-20-33-36-26(23)19-22/h7-14,19-21H,1-6,15-18H2,(H,33,36)(H,34,35)(H,41,42). The van der Waals surface area contributed by atoms with E-state index in [4.69, 9.17) is 10.1 Å². The first-order valence-corrected chi connectivity index (χ1v) is 14.4. The van der Waals surface area contributed by atoms with E-state index in [1.165, 1.54) is 0 Å². The minimum absolute atomic E-state index is 0.192. The number of carboxylic acid groups (broad SMARTS) is 1. The molecule has 4 heterocycles. The van der Waals surface area contributed by atoms with Gasteiger partial charge in [0.2, 0.25) is 5.91 Å². The number of H-pyrrole nitrogens is 1. The number of nitrogens with zero attached hydrogens (tertiary/aromatic N) is 6. The van der Waals surface area contributed by atoms with E-state index in [9.17, 15) is 9.59 Å². The molecule has 1 amide bonds. The Balaban J connectivity index is 1.05. The van der Waals surface area contributed by atoms with Gasteiger partial charge in [-0.2, -0.15) is 5.10 Å². The summed E-state index contributed by atoms with van der Waals surface area (Å²) in [5.74, 6) is 0.106. The summed E-state index contributed by atoms with van der Waals surface area (Å²) in [6.07, 6.45) is 11.4. The van der Waals surface area contributed by atoms with E-state index in [2.05, 4.69) is 37.5 Å². The monoisotopic (exact) mass is 566 g/mol. The number of fused-ring (bicyclic) bond motifs is 2. The number of rotatable bonds is 11. The number of carboxylic acids is 1. The lowest BCUT2D eigenvalue weighted by atomic mass is 10.1. The molecule has 11 heteroatoms. The molecular formula is C31H34N8O3. The molecule has 0 bridgehead atoms. The number of hydrogen-bond acceptors (Lipinski definition) is 7. The molecule has 1 saturated heterocycles. The number of nitrogens with one attached hydrogen (secondary N) is 2. The van der Waals surface area contributed by atoms with Crippen LogP contribution >= 0.6 is 0 Å². The molecule has 0 unspecified atom stereocenters. The summed E-state index contributed by atoms with van der Waals surface area (Å²) in [6, 6.07) is 14.4. The molecule has 0 saturated carbocycles. The van der Waals surface area contributed by atoms with Crippen LogP contribution in [0.1, 0.15) is 38.5 Å². The Morgan fingerprint density at radius 2 is 1.74 bits per heavy atom. The van der Waals surface area contributed by atoms with Crippen LogP contribution in [0.25, 0.3) is 27.8 Å². The lowest BCUT2D eigenvalue weighted by molar-refractivity contribution is -0.137. The van der Waals surface area contributed by atoms with Gasteiger partial charge in [0.15, 0.2) is 11.5 Å². The van der Waals surface area contributed by atoms with Crippen molar-refractivity contribution in [3.8, 4) is 11.3 Å². The normalized spacial score (nSPS) is 13.6. The first-order chi connectivity index (χ1) is 20.5. The van der Waals surface area contributed by atoms with Gasteiger partial charge in [-0.25, -0.2) is 9.97 Å². The van der Waals surface area contributed by atoms with Crippen molar-refractivity contribution in [3.63, 3.8) is 0 Å². The first kappa shape index (κ1) is 27.3. The average molecular weight is 567 g/mol. The minimum atomic E-state index is -0.756. The predicted molar refractivity (Wildman–Crippen MR) is 162 cm³/mol. The molecule has 0 aliphatic carbocycles. The highest BCUT2D eigenvalue weighted by Gasteiger charge is 2.21. The van der Waals surface area contributed by atoms with Crippen molar-refractivity contribution in [1.82, 2.24) is 29.5 Å². The fourth-order valence-electron chi connectivity index (χ4n) is 5.42. The molecule has 0 atom stereocenters. The second-order valence-corrected chi connectivity index (χ2v) is 10.7. The summed E-state index contributed by atoms with van der Waals surface area (Å²) in [5, 5.41) is 20.4. The summed E-state index contributed by atoms with van der Waals surface area (Å²) in [4.78, 5) is 36.9. The molecule has 3 aromatic heterocycles. The summed E-state index contributed by atoms with van der Waals surface area (Å²) < 4.78 is 1.97. The Morgan fingerprint density at radius 3 is 2.52 bits per heavy atom. The van der Waals surface area contributed by atoms with Crippen molar-refractivity contribution in [2.45, 2.75) is 38.5 Å². The number of aliphatic carboxylic acids is 1. The number of carbonyl (C=O) groups is 2. The van der Waals surface area contributed by atoms with Crippen LogP contribution in [-0.2, 0) is 9.59 Å². The van der Waals surface area contributed by atoms with Crippen molar-refractivity contribution in [2.24, 2.45) is 0 Å². The van der Waals surface area contributed by atoms with Gasteiger partial charge in [-0.15, -0.1) is 0 Å². The maximum absolute atomic E-state index is 12.6. The maximum Gasteiger partial charge on any atom is 0.303 e. The number of aromatic amines is 1. The van der Waals surface area contributed by atoms with Crippen LogP contribution in [0.2, 0.25) is 0 Å². The maximum atomic E-state index is 12.6. The van der Waals surface area contributed by atoms with Crippen molar-refractivity contribution in [1.29, 1.82) is 0 Å². The lowest BCUT2D eigenvalue weighted by Crippen LogP contribution is -2.48. The van der Waals surface area contributed by atoms with E-state index in [1.54, 1.807) is 12.4 Å². The molecule has 0 spiro atoms. The summed E-state index contributed by atoms with van der Waals surface area (Å²) in [6.45, 7) is 2.99. The fraction of sp³-hybridized carbons (Fsp3) is 0.323. The Kier molecular flexibility index (Phi) is 7.98. The van der Waals surface area contributed by atoms with Gasteiger partial charge in [0, 0.05) is 79.9 Å². The van der Waals surface area contributed by atoms with E-state index >= 15 is 0 Å². The molecule has 0 radical (unpaired) electrons. The number of anilines is 3. The highest BCUT2D eigenvalue weighted by atomic mass is 16.4. The summed E-state index contributed by atoms with van der Waals surface area (Å²) >= 11 is 0. The number of imidazole rings is 1. The molecular weight excluding hydrogens is 532 g/mol. The molecule has 1 fully saturated rings. The lowest BCUT2D eigenvalue weighted by Gasteiger charge is -2.36. The highest BCUT2D eigenvalue weighted by molar-refractivity contribution is 5.84. The number of benzene rings is 2. The molecule has 2 aromatic carbocycles. The molecule has 1 aliphatic rings. The van der Waals surface area contributed by atoms with Crippen molar-refractivity contribution >= 4 is 45.6 Å². The Hall–Kier alpha value is -4.93. The minimum Gasteiger partial charge on any atom is -0.481 e. The first-order valence-electron chi connectivity index (χ1n) is 14.4. The second kappa shape index (κ2) is 12.3. The fourth-order valence-corrected chi connectivity index (χ4v) is 5.42. The second-order valence-electron chi connectivity index (χ2n) is 10.7. The highest BCUT2D eigenvalue weighted by Crippen LogP contribution is 2.28. The molecule has 6 rings (SSSR count). The largest absolute Gasteiger partial charge is 0.481 e. The zero-order valence-corrected chi connectivity index (χ0v) is 23.4. The molecule has 3 N–H and O–H groups in total. The van der Waals surface area contributed by atoms with Gasteiger partial charge in [-0.05, 0) is 43.2 Å². The molecule has 1 aliphatic heterocycles. The molecule has 5 aromatic rings. The Bertz CT molecular complexity index is 1690. The molecule has 42 heavy (non-hydrogen) atoms. The SMILES string of the molecule is O=C(O)CCCCCCC(=O)N1CCN(c2ccc(Nc3nc(-c4ccc5cn[nH]c5c4)cn4ccnc34)cc2)CC1. The number of carbonyl (C=O) groups excluding carboxylic acids is 1. The third-order valence-corrected chi connectivity index (χ3v) is 7.77. The quantitative estimate of drug-likeness (QED) is 0.188. The zero-order chi connectivity index (χ0) is 28.9. The van der Waals surface area contributed by atoms with E-state index in [0.717, 1.165) is 71.5 Å². The van der Waals surface area contributed by atoms with E-state index in [-0.39, 0.29) is 12.3 Å². The Morgan fingerprint density at radius 1 is 0.952 bits per heavy atom. The van der Waals surface area contributed by atoms with E-state index in [1.807, 2.05) is 52.0 Å². The van der Waals surface area contributed by atoms with Crippen molar-refractivity contribution < 1.29 is 14.7 Å². The summed E-state index contributed by atoms with van der Waals surface area (Å²) in [5.41, 5.74) is 5.53. The van der Waals surface area contributed by atoms with Crippen LogP contribution in [0, 0.1) is 0 Å². The number of hydrogen-bond donors (Lipinski definition) is 3. The number of piperazine rings is 1. The van der Waals surface area contributed by atoms with Gasteiger partial charge in [0.05, 0.1) is 17.4 Å². The van der Waals surface area contributed by atoms with Crippen molar-refractivity contribution in [3.05, 3.63) is 67.3 Å². The number of unbranched alkanes of at least 4 members (excludes halogenated alkanes) is 3. The number of aromatic nitrogens is 5. The third-order valence-electron chi connectivity index (χ3n) is 7.77. The van der Waals surface area contributed by atoms with Crippen LogP contribution < -0.4 is 10.2 Å². The van der Waals surface area contributed by atoms with Gasteiger partial charge in [-0.1, -0.05) is 25.0 Å². The predicted octanol–water partition coefficient (Wildman–Crippen LogP) is 5.09. The van der Waals surface area contributed by atoms with Gasteiger partial charge in [0.1, 0.15) is 0 Å².